The molecule has 0 heterocycles. The van der Waals surface area contributed by atoms with Crippen LogP contribution in [0.4, 0.5) is 0 Å². The molecule has 5 heteroatoms. The van der Waals surface area contributed by atoms with Crippen molar-refractivity contribution in [2.45, 2.75) is 47.0 Å². The van der Waals surface area contributed by atoms with E-state index in [1.807, 2.05) is 26.0 Å². The highest BCUT2D eigenvalue weighted by Crippen LogP contribution is 1.95. The van der Waals surface area contributed by atoms with E-state index in [4.69, 9.17) is 20.4 Å². The van der Waals surface area contributed by atoms with Crippen molar-refractivity contribution >= 4 is 12.2 Å². The lowest BCUT2D eigenvalue weighted by Gasteiger charge is -1.90. The van der Waals surface area contributed by atoms with Crippen molar-refractivity contribution in [3.63, 3.8) is 0 Å². The molecule has 0 radical (unpaired) electrons. The minimum atomic E-state index is 0. The summed E-state index contributed by atoms with van der Waals surface area (Å²) < 4.78 is 0. The standard InChI is InChI=1S/C6H14.C3H9N.2CHNO.CH4/c1-3-5-6-4-2;1-4(2)3;2*2-1-3;/h3-6H2,1-2H3;1-3H3;2*2H;1H4. The van der Waals surface area contributed by atoms with Gasteiger partial charge in [0, 0.05) is 0 Å². The molecule has 0 aliphatic heterocycles. The Morgan fingerprint density at radius 1 is 0.882 bits per heavy atom. The zero-order valence-electron chi connectivity index (χ0n) is 11.1. The van der Waals surface area contributed by atoms with E-state index in [9.17, 15) is 0 Å². The van der Waals surface area contributed by atoms with E-state index in [0.717, 1.165) is 12.2 Å². The Kier molecular flexibility index (Phi) is 81.1. The summed E-state index contributed by atoms with van der Waals surface area (Å²) in [5, 5.41) is 10.8. The third-order valence-electron chi connectivity index (χ3n) is 0.957. The average molecular weight is 247 g/mol. The molecule has 104 valence electrons. The predicted octanol–water partition coefficient (Wildman–Crippen LogP) is 3.20. The largest absolute Gasteiger partial charge is 0.312 e. The molecule has 0 rings (SSSR count). The summed E-state index contributed by atoms with van der Waals surface area (Å²) in [5.41, 5.74) is 0. The normalized spacial score (nSPS) is 6.24. The van der Waals surface area contributed by atoms with Gasteiger partial charge in [-0.3, -0.25) is 0 Å². The van der Waals surface area contributed by atoms with E-state index in [1.165, 1.54) is 25.7 Å². The maximum absolute atomic E-state index is 8.35. The van der Waals surface area contributed by atoms with Gasteiger partial charge in [0.2, 0.25) is 12.2 Å². The van der Waals surface area contributed by atoms with Gasteiger partial charge >= 0.3 is 0 Å². The van der Waals surface area contributed by atoms with Gasteiger partial charge in [0.1, 0.15) is 0 Å². The van der Waals surface area contributed by atoms with Crippen molar-refractivity contribution in [1.29, 1.82) is 10.8 Å². The molecule has 0 bridgehead atoms. The second kappa shape index (κ2) is 46.5. The summed E-state index contributed by atoms with van der Waals surface area (Å²) in [6.45, 7) is 4.46. The summed E-state index contributed by atoms with van der Waals surface area (Å²) in [4.78, 5) is 18.7. The van der Waals surface area contributed by atoms with Gasteiger partial charge in [-0.15, -0.1) is 0 Å². The molecular formula is C12H29N3O2. The number of carbonyl (C=O) groups excluding carboxylic acids is 2. The fourth-order valence-corrected chi connectivity index (χ4v) is 0.500. The average Bonchev–Trinajstić information content (AvgIpc) is 2.16. The number of rotatable bonds is 3. The van der Waals surface area contributed by atoms with Gasteiger partial charge in [0.15, 0.2) is 0 Å². The maximum atomic E-state index is 8.35. The van der Waals surface area contributed by atoms with Crippen LogP contribution in [0.3, 0.4) is 0 Å². The van der Waals surface area contributed by atoms with E-state index in [-0.39, 0.29) is 7.43 Å². The van der Waals surface area contributed by atoms with Crippen LogP contribution >= 0.6 is 0 Å². The van der Waals surface area contributed by atoms with Gasteiger partial charge in [-0.05, 0) is 21.1 Å². The van der Waals surface area contributed by atoms with Crippen LogP contribution in [0.25, 0.3) is 0 Å². The van der Waals surface area contributed by atoms with Gasteiger partial charge in [0.25, 0.3) is 0 Å². The Morgan fingerprint density at radius 2 is 1.00 bits per heavy atom. The first-order valence-electron chi connectivity index (χ1n) is 5.16. The van der Waals surface area contributed by atoms with Gasteiger partial charge in [-0.1, -0.05) is 47.0 Å². The predicted molar refractivity (Wildman–Crippen MR) is 73.0 cm³/mol. The number of nitrogens with zero attached hydrogens (tertiary/aromatic N) is 1. The highest BCUT2D eigenvalue weighted by Gasteiger charge is 1.75. The topological polar surface area (TPSA) is 85.1 Å². The SMILES string of the molecule is C.CCCCCC.CN(C)C.N=C=O.N=C=O. The van der Waals surface area contributed by atoms with Gasteiger partial charge < -0.3 is 4.90 Å². The summed E-state index contributed by atoms with van der Waals surface area (Å²) in [7, 11) is 6.00. The summed E-state index contributed by atoms with van der Waals surface area (Å²) in [6, 6.07) is 0. The maximum Gasteiger partial charge on any atom is 0.231 e. The molecule has 0 saturated heterocycles. The van der Waals surface area contributed by atoms with Crippen molar-refractivity contribution in [1.82, 2.24) is 4.90 Å². The third kappa shape index (κ3) is 805. The monoisotopic (exact) mass is 247 g/mol. The van der Waals surface area contributed by atoms with Crippen LogP contribution in [0.2, 0.25) is 0 Å². The highest BCUT2D eigenvalue weighted by molar-refractivity contribution is 5.26. The number of unbranched alkanes of at least 4 members (excludes halogenated alkanes) is 3. The third-order valence-corrected chi connectivity index (χ3v) is 0.957. The summed E-state index contributed by atoms with van der Waals surface area (Å²) in [5.74, 6) is 0. The molecule has 0 aromatic heterocycles. The van der Waals surface area contributed by atoms with E-state index in [2.05, 4.69) is 13.8 Å². The number of isocyanates is 2. The van der Waals surface area contributed by atoms with Gasteiger partial charge in [0.05, 0.1) is 0 Å². The molecule has 0 aromatic carbocycles. The molecule has 0 saturated carbocycles. The molecule has 0 aromatic rings. The first-order valence-corrected chi connectivity index (χ1v) is 5.16. The molecule has 5 nitrogen and oxygen atoms in total. The first kappa shape index (κ1) is 29.6. The van der Waals surface area contributed by atoms with Crippen molar-refractivity contribution in [2.75, 3.05) is 21.1 Å². The Hall–Kier alpha value is -1.28. The Balaban J connectivity index is -0.0000000388. The zero-order valence-corrected chi connectivity index (χ0v) is 11.1. The molecular weight excluding hydrogens is 218 g/mol. The van der Waals surface area contributed by atoms with Crippen LogP contribution in [0.1, 0.15) is 47.0 Å². The highest BCUT2D eigenvalue weighted by atomic mass is 16.1. The molecule has 17 heavy (non-hydrogen) atoms. The minimum absolute atomic E-state index is 0. The Morgan fingerprint density at radius 3 is 1.06 bits per heavy atom. The van der Waals surface area contributed by atoms with Crippen LogP contribution in [0.15, 0.2) is 0 Å². The van der Waals surface area contributed by atoms with Crippen molar-refractivity contribution in [3.8, 4) is 0 Å². The lowest BCUT2D eigenvalue weighted by Crippen LogP contribution is -1.99. The Labute approximate surface area is 106 Å². The van der Waals surface area contributed by atoms with Crippen LogP contribution in [-0.4, -0.2) is 38.2 Å². The minimum Gasteiger partial charge on any atom is -0.312 e. The molecule has 0 amide bonds. The lowest BCUT2D eigenvalue weighted by atomic mass is 10.2. The van der Waals surface area contributed by atoms with Crippen molar-refractivity contribution in [3.05, 3.63) is 0 Å². The molecule has 2 N–H and O–H groups in total. The molecule has 0 spiro atoms. The number of nitrogens with one attached hydrogen (secondary N) is 2. The van der Waals surface area contributed by atoms with E-state index < -0.39 is 0 Å². The smallest absolute Gasteiger partial charge is 0.231 e. The molecule has 0 aliphatic carbocycles. The van der Waals surface area contributed by atoms with Crippen LogP contribution in [0, 0.1) is 10.8 Å². The van der Waals surface area contributed by atoms with E-state index in [1.54, 1.807) is 0 Å². The number of hydrogen-bond acceptors (Lipinski definition) is 5. The zero-order chi connectivity index (χ0) is 13.8. The quantitative estimate of drug-likeness (QED) is 0.456. The van der Waals surface area contributed by atoms with E-state index in [0.29, 0.717) is 0 Å². The lowest BCUT2D eigenvalue weighted by molar-refractivity contribution is 0.505. The second-order valence-electron chi connectivity index (χ2n) is 3.25. The van der Waals surface area contributed by atoms with Crippen molar-refractivity contribution in [2.24, 2.45) is 0 Å². The molecule has 0 atom stereocenters. The van der Waals surface area contributed by atoms with Crippen LogP contribution in [0.5, 0.6) is 0 Å². The molecule has 0 fully saturated rings. The summed E-state index contributed by atoms with van der Waals surface area (Å²) in [6.07, 6.45) is 7.04. The molecule has 0 aliphatic rings. The van der Waals surface area contributed by atoms with Crippen LogP contribution in [-0.2, 0) is 9.59 Å². The first-order chi connectivity index (χ1) is 7.47. The van der Waals surface area contributed by atoms with Gasteiger partial charge in [-0.2, -0.15) is 0 Å². The van der Waals surface area contributed by atoms with Crippen molar-refractivity contribution < 1.29 is 9.59 Å². The van der Waals surface area contributed by atoms with E-state index >= 15 is 0 Å². The molecule has 0 unspecified atom stereocenters. The summed E-state index contributed by atoms with van der Waals surface area (Å²) >= 11 is 0. The second-order valence-corrected chi connectivity index (χ2v) is 3.25. The van der Waals surface area contributed by atoms with Gasteiger partial charge in [-0.25, -0.2) is 20.4 Å². The number of hydrogen-bond donors (Lipinski definition) is 2. The fourth-order valence-electron chi connectivity index (χ4n) is 0.500. The van der Waals surface area contributed by atoms with Crippen LogP contribution < -0.4 is 0 Å². The Bertz CT molecular complexity index is 140. The fraction of sp³-hybridized carbons (Fsp3) is 0.833.